The number of hydrogen-bond acceptors (Lipinski definition) is 3. The van der Waals surface area contributed by atoms with E-state index in [0.29, 0.717) is 31.0 Å². The Labute approximate surface area is 139 Å². The molecule has 1 amide bonds. The SMILES string of the molecule is NC[C@@H]1CN(CC(=O)NC2CCCCC2)C[C@H]1c1ccccc1. The first kappa shape index (κ1) is 16.5. The number of carbonyl (C=O) groups excluding carboxylic acids is 1. The predicted octanol–water partition coefficient (Wildman–Crippen LogP) is 2.11. The van der Waals surface area contributed by atoms with Gasteiger partial charge in [-0.25, -0.2) is 0 Å². The summed E-state index contributed by atoms with van der Waals surface area (Å²) >= 11 is 0. The molecular formula is C19H29N3O. The van der Waals surface area contributed by atoms with Gasteiger partial charge in [-0.3, -0.25) is 9.69 Å². The van der Waals surface area contributed by atoms with E-state index in [2.05, 4.69) is 34.5 Å². The van der Waals surface area contributed by atoms with Crippen LogP contribution in [0.25, 0.3) is 0 Å². The average molecular weight is 315 g/mol. The summed E-state index contributed by atoms with van der Waals surface area (Å²) in [5, 5.41) is 3.22. The van der Waals surface area contributed by atoms with E-state index in [0.717, 1.165) is 25.9 Å². The van der Waals surface area contributed by atoms with Gasteiger partial charge < -0.3 is 11.1 Å². The molecule has 126 valence electrons. The lowest BCUT2D eigenvalue weighted by atomic mass is 9.89. The summed E-state index contributed by atoms with van der Waals surface area (Å²) in [6, 6.07) is 11.0. The van der Waals surface area contributed by atoms with Crippen LogP contribution >= 0.6 is 0 Å². The molecule has 0 unspecified atom stereocenters. The smallest absolute Gasteiger partial charge is 0.234 e. The van der Waals surface area contributed by atoms with Crippen LogP contribution in [0.5, 0.6) is 0 Å². The number of hydrogen-bond donors (Lipinski definition) is 2. The van der Waals surface area contributed by atoms with Crippen LogP contribution in [0.4, 0.5) is 0 Å². The quantitative estimate of drug-likeness (QED) is 0.875. The molecule has 0 bridgehead atoms. The number of amides is 1. The number of nitrogens with one attached hydrogen (secondary N) is 1. The van der Waals surface area contributed by atoms with Crippen LogP contribution < -0.4 is 11.1 Å². The fourth-order valence-corrected chi connectivity index (χ4v) is 4.13. The fraction of sp³-hybridized carbons (Fsp3) is 0.632. The minimum atomic E-state index is 0.182. The van der Waals surface area contributed by atoms with Gasteiger partial charge in [-0.05, 0) is 30.9 Å². The highest BCUT2D eigenvalue weighted by atomic mass is 16.2. The zero-order chi connectivity index (χ0) is 16.1. The molecule has 1 heterocycles. The van der Waals surface area contributed by atoms with Crippen molar-refractivity contribution in [1.29, 1.82) is 0 Å². The largest absolute Gasteiger partial charge is 0.352 e. The van der Waals surface area contributed by atoms with Gasteiger partial charge in [0.25, 0.3) is 0 Å². The minimum absolute atomic E-state index is 0.182. The van der Waals surface area contributed by atoms with Crippen molar-refractivity contribution in [1.82, 2.24) is 10.2 Å². The Balaban J connectivity index is 1.53. The first-order chi connectivity index (χ1) is 11.3. The molecule has 2 atom stereocenters. The van der Waals surface area contributed by atoms with Crippen LogP contribution in [0.1, 0.15) is 43.6 Å². The zero-order valence-electron chi connectivity index (χ0n) is 13.9. The molecule has 1 aliphatic carbocycles. The summed E-state index contributed by atoms with van der Waals surface area (Å²) in [7, 11) is 0. The minimum Gasteiger partial charge on any atom is -0.352 e. The maximum Gasteiger partial charge on any atom is 0.234 e. The molecule has 23 heavy (non-hydrogen) atoms. The van der Waals surface area contributed by atoms with E-state index >= 15 is 0 Å². The monoisotopic (exact) mass is 315 g/mol. The van der Waals surface area contributed by atoms with Gasteiger partial charge in [0, 0.05) is 25.0 Å². The second-order valence-corrected chi connectivity index (χ2v) is 7.11. The summed E-state index contributed by atoms with van der Waals surface area (Å²) in [5.41, 5.74) is 7.32. The van der Waals surface area contributed by atoms with Gasteiger partial charge >= 0.3 is 0 Å². The molecule has 1 aromatic carbocycles. The topological polar surface area (TPSA) is 58.4 Å². The van der Waals surface area contributed by atoms with Gasteiger partial charge in [0.1, 0.15) is 0 Å². The van der Waals surface area contributed by atoms with Crippen LogP contribution in [-0.4, -0.2) is 43.0 Å². The van der Waals surface area contributed by atoms with Crippen LogP contribution in [0, 0.1) is 5.92 Å². The van der Waals surface area contributed by atoms with Crippen molar-refractivity contribution in [2.75, 3.05) is 26.2 Å². The van der Waals surface area contributed by atoms with E-state index in [1.807, 2.05) is 6.07 Å². The normalized spacial score (nSPS) is 26.3. The third-order valence-corrected chi connectivity index (χ3v) is 5.38. The highest BCUT2D eigenvalue weighted by Crippen LogP contribution is 2.31. The molecule has 4 heteroatoms. The first-order valence-electron chi connectivity index (χ1n) is 9.03. The van der Waals surface area contributed by atoms with Crippen molar-refractivity contribution in [3.63, 3.8) is 0 Å². The Kier molecular flexibility index (Phi) is 5.68. The van der Waals surface area contributed by atoms with E-state index < -0.39 is 0 Å². The Bertz CT molecular complexity index is 499. The third-order valence-electron chi connectivity index (χ3n) is 5.38. The molecule has 0 radical (unpaired) electrons. The van der Waals surface area contributed by atoms with Gasteiger partial charge in [-0.15, -0.1) is 0 Å². The molecule has 0 aromatic heterocycles. The molecular weight excluding hydrogens is 286 g/mol. The number of carbonyl (C=O) groups is 1. The molecule has 3 rings (SSSR count). The summed E-state index contributed by atoms with van der Waals surface area (Å²) < 4.78 is 0. The molecule has 1 aliphatic heterocycles. The zero-order valence-corrected chi connectivity index (χ0v) is 13.9. The average Bonchev–Trinajstić information content (AvgIpc) is 2.99. The van der Waals surface area contributed by atoms with E-state index in [9.17, 15) is 4.79 Å². The molecule has 3 N–H and O–H groups in total. The van der Waals surface area contributed by atoms with Gasteiger partial charge in [-0.2, -0.15) is 0 Å². The first-order valence-corrected chi connectivity index (χ1v) is 9.03. The standard InChI is InChI=1S/C19H29N3O/c20-11-16-12-22(13-18(16)15-7-3-1-4-8-15)14-19(23)21-17-9-5-2-6-10-17/h1,3-4,7-8,16-18H,2,5-6,9-14,20H2,(H,21,23)/t16-,18+/m1/s1. The summed E-state index contributed by atoms with van der Waals surface area (Å²) in [4.78, 5) is 14.6. The van der Waals surface area contributed by atoms with Crippen molar-refractivity contribution >= 4 is 5.91 Å². The van der Waals surface area contributed by atoms with Crippen LogP contribution in [0.15, 0.2) is 30.3 Å². The predicted molar refractivity (Wildman–Crippen MR) is 93.2 cm³/mol. The molecule has 4 nitrogen and oxygen atoms in total. The van der Waals surface area contributed by atoms with Crippen molar-refractivity contribution in [3.8, 4) is 0 Å². The van der Waals surface area contributed by atoms with Gasteiger partial charge in [0.15, 0.2) is 0 Å². The van der Waals surface area contributed by atoms with Crippen LogP contribution in [-0.2, 0) is 4.79 Å². The molecule has 0 spiro atoms. The number of rotatable bonds is 5. The van der Waals surface area contributed by atoms with Crippen LogP contribution in [0.3, 0.4) is 0 Å². The number of benzene rings is 1. The number of nitrogens with two attached hydrogens (primary N) is 1. The maximum atomic E-state index is 12.3. The summed E-state index contributed by atoms with van der Waals surface area (Å²) in [6.45, 7) is 3.05. The third kappa shape index (κ3) is 4.33. The molecule has 1 aromatic rings. The second kappa shape index (κ2) is 7.93. The lowest BCUT2D eigenvalue weighted by Crippen LogP contribution is -2.42. The van der Waals surface area contributed by atoms with Crippen molar-refractivity contribution in [3.05, 3.63) is 35.9 Å². The molecule has 2 fully saturated rings. The lowest BCUT2D eigenvalue weighted by molar-refractivity contribution is -0.122. The Morgan fingerprint density at radius 3 is 2.57 bits per heavy atom. The number of nitrogens with zero attached hydrogens (tertiary/aromatic N) is 1. The fourth-order valence-electron chi connectivity index (χ4n) is 4.13. The second-order valence-electron chi connectivity index (χ2n) is 7.11. The Morgan fingerprint density at radius 1 is 1.13 bits per heavy atom. The van der Waals surface area contributed by atoms with E-state index in [-0.39, 0.29) is 5.91 Å². The summed E-state index contributed by atoms with van der Waals surface area (Å²) in [6.07, 6.45) is 6.10. The van der Waals surface area contributed by atoms with E-state index in [4.69, 9.17) is 5.73 Å². The van der Waals surface area contributed by atoms with Gasteiger partial charge in [-0.1, -0.05) is 49.6 Å². The highest BCUT2D eigenvalue weighted by molar-refractivity contribution is 5.78. The maximum absolute atomic E-state index is 12.3. The van der Waals surface area contributed by atoms with Gasteiger partial charge in [0.05, 0.1) is 6.54 Å². The number of likely N-dealkylation sites (tertiary alicyclic amines) is 1. The highest BCUT2D eigenvalue weighted by Gasteiger charge is 2.33. The Morgan fingerprint density at radius 2 is 1.87 bits per heavy atom. The van der Waals surface area contributed by atoms with Crippen molar-refractivity contribution < 1.29 is 4.79 Å². The van der Waals surface area contributed by atoms with Gasteiger partial charge in [0.2, 0.25) is 5.91 Å². The summed E-state index contributed by atoms with van der Waals surface area (Å²) in [5.74, 6) is 1.07. The molecule has 1 saturated heterocycles. The lowest BCUT2D eigenvalue weighted by Gasteiger charge is -2.24. The van der Waals surface area contributed by atoms with Crippen molar-refractivity contribution in [2.24, 2.45) is 11.7 Å². The molecule has 2 aliphatic rings. The van der Waals surface area contributed by atoms with E-state index in [1.54, 1.807) is 0 Å². The van der Waals surface area contributed by atoms with Crippen molar-refractivity contribution in [2.45, 2.75) is 44.1 Å². The molecule has 1 saturated carbocycles. The Hall–Kier alpha value is -1.39. The van der Waals surface area contributed by atoms with E-state index in [1.165, 1.54) is 24.8 Å². The van der Waals surface area contributed by atoms with Crippen LogP contribution in [0.2, 0.25) is 0 Å².